The number of ether oxygens (including phenoxy) is 1. The number of hydrogen-bond donors (Lipinski definition) is 1. The number of aryl methyl sites for hydroxylation is 1. The van der Waals surface area contributed by atoms with Gasteiger partial charge in [0.1, 0.15) is 0 Å². The van der Waals surface area contributed by atoms with Crippen molar-refractivity contribution < 1.29 is 27.5 Å². The lowest BCUT2D eigenvalue weighted by atomic mass is 10.1. The predicted molar refractivity (Wildman–Crippen MR) is 132 cm³/mol. The zero-order chi connectivity index (χ0) is 26.0. The molecule has 1 N–H and O–H groups in total. The van der Waals surface area contributed by atoms with Gasteiger partial charge in [0.25, 0.3) is 0 Å². The van der Waals surface area contributed by atoms with Crippen LogP contribution in [-0.2, 0) is 17.5 Å². The van der Waals surface area contributed by atoms with E-state index in [1.807, 2.05) is 30.3 Å². The molecule has 0 fully saturated rings. The SMILES string of the molecule is CCOC(=O)c1c(C)[nH]c(C(=O)CSc2nc3cc(C(F)(F)F)ccc3n2Cc2ccccc2)c1C. The van der Waals surface area contributed by atoms with Crippen molar-refractivity contribution in [2.45, 2.75) is 38.6 Å². The highest BCUT2D eigenvalue weighted by Gasteiger charge is 2.31. The van der Waals surface area contributed by atoms with E-state index >= 15 is 0 Å². The summed E-state index contributed by atoms with van der Waals surface area (Å²) in [4.78, 5) is 32.7. The van der Waals surface area contributed by atoms with Crippen LogP contribution in [0.15, 0.2) is 53.7 Å². The van der Waals surface area contributed by atoms with E-state index < -0.39 is 17.7 Å². The van der Waals surface area contributed by atoms with Gasteiger partial charge in [-0.05, 0) is 50.1 Å². The normalized spacial score (nSPS) is 11.7. The molecule has 0 spiro atoms. The van der Waals surface area contributed by atoms with E-state index in [1.165, 1.54) is 6.07 Å². The van der Waals surface area contributed by atoms with Crippen molar-refractivity contribution in [2.75, 3.05) is 12.4 Å². The van der Waals surface area contributed by atoms with Gasteiger partial charge in [-0.25, -0.2) is 9.78 Å². The number of carbonyl (C=O) groups excluding carboxylic acids is 2. The summed E-state index contributed by atoms with van der Waals surface area (Å²) in [7, 11) is 0. The van der Waals surface area contributed by atoms with Crippen molar-refractivity contribution in [1.82, 2.24) is 14.5 Å². The Hall–Kier alpha value is -3.53. The number of halogens is 3. The molecule has 10 heteroatoms. The Bertz CT molecular complexity index is 1430. The number of Topliss-reactive ketones (excluding diaryl/α,β-unsaturated/α-hetero) is 1. The first-order valence-electron chi connectivity index (χ1n) is 11.2. The molecule has 0 saturated heterocycles. The van der Waals surface area contributed by atoms with Crippen LogP contribution in [-0.4, -0.2) is 38.6 Å². The Balaban J connectivity index is 1.65. The lowest BCUT2D eigenvalue weighted by Crippen LogP contribution is -2.09. The molecular formula is C26H24F3N3O3S. The molecular weight excluding hydrogens is 491 g/mol. The van der Waals surface area contributed by atoms with Crippen LogP contribution in [0.5, 0.6) is 0 Å². The highest BCUT2D eigenvalue weighted by Crippen LogP contribution is 2.33. The standard InChI is InChI=1S/C26H24F3N3O3S/c1-4-35-24(34)22-15(2)23(30-16(22)3)21(33)14-36-25-31-19-12-18(26(27,28)29)10-11-20(19)32(25)13-17-8-6-5-7-9-17/h5-12,30H,4,13-14H2,1-3H3. The molecule has 0 aliphatic carbocycles. The van der Waals surface area contributed by atoms with Gasteiger partial charge in [0, 0.05) is 5.69 Å². The number of nitrogens with zero attached hydrogens (tertiary/aromatic N) is 2. The summed E-state index contributed by atoms with van der Waals surface area (Å²) < 4.78 is 46.7. The highest BCUT2D eigenvalue weighted by atomic mass is 32.2. The Morgan fingerprint density at radius 3 is 2.50 bits per heavy atom. The number of alkyl halides is 3. The van der Waals surface area contributed by atoms with Crippen LogP contribution in [0.1, 0.15) is 50.2 Å². The second kappa shape index (κ2) is 10.2. The molecule has 0 radical (unpaired) electrons. The van der Waals surface area contributed by atoms with Crippen molar-refractivity contribution in [1.29, 1.82) is 0 Å². The van der Waals surface area contributed by atoms with E-state index in [9.17, 15) is 22.8 Å². The number of nitrogens with one attached hydrogen (secondary N) is 1. The Labute approximate surface area is 209 Å². The maximum absolute atomic E-state index is 13.3. The van der Waals surface area contributed by atoms with Crippen molar-refractivity contribution in [3.63, 3.8) is 0 Å². The summed E-state index contributed by atoms with van der Waals surface area (Å²) >= 11 is 1.14. The van der Waals surface area contributed by atoms with Crippen LogP contribution in [0.4, 0.5) is 13.2 Å². The number of H-pyrrole nitrogens is 1. The van der Waals surface area contributed by atoms with Gasteiger partial charge in [-0.3, -0.25) is 4.79 Å². The number of ketones is 1. The number of imidazole rings is 1. The molecule has 2 aromatic carbocycles. The second-order valence-electron chi connectivity index (χ2n) is 8.22. The van der Waals surface area contributed by atoms with Gasteiger partial charge in [0.05, 0.1) is 46.8 Å². The van der Waals surface area contributed by atoms with Gasteiger partial charge < -0.3 is 14.3 Å². The fraction of sp³-hybridized carbons (Fsp3) is 0.269. The van der Waals surface area contributed by atoms with Crippen LogP contribution >= 0.6 is 11.8 Å². The largest absolute Gasteiger partial charge is 0.462 e. The number of hydrogen-bond acceptors (Lipinski definition) is 5. The minimum Gasteiger partial charge on any atom is -0.462 e. The number of thioether (sulfide) groups is 1. The van der Waals surface area contributed by atoms with Crippen molar-refractivity contribution in [3.8, 4) is 0 Å². The quantitative estimate of drug-likeness (QED) is 0.172. The van der Waals surface area contributed by atoms with Crippen LogP contribution in [0, 0.1) is 13.8 Å². The molecule has 4 aromatic rings. The zero-order valence-corrected chi connectivity index (χ0v) is 20.7. The monoisotopic (exact) mass is 515 g/mol. The van der Waals surface area contributed by atoms with E-state index in [0.717, 1.165) is 29.5 Å². The predicted octanol–water partition coefficient (Wildman–Crippen LogP) is 6.20. The lowest BCUT2D eigenvalue weighted by molar-refractivity contribution is -0.137. The Morgan fingerprint density at radius 2 is 1.83 bits per heavy atom. The third-order valence-electron chi connectivity index (χ3n) is 5.75. The van der Waals surface area contributed by atoms with Gasteiger partial charge in [0.15, 0.2) is 10.9 Å². The number of fused-ring (bicyclic) bond motifs is 1. The molecule has 0 saturated carbocycles. The average Bonchev–Trinajstić information content (AvgIpc) is 3.33. The maximum atomic E-state index is 13.3. The van der Waals surface area contributed by atoms with Gasteiger partial charge in [-0.15, -0.1) is 0 Å². The molecule has 188 valence electrons. The molecule has 4 rings (SSSR count). The molecule has 2 aromatic heterocycles. The van der Waals surface area contributed by atoms with Crippen molar-refractivity contribution >= 4 is 34.5 Å². The zero-order valence-electron chi connectivity index (χ0n) is 19.9. The first kappa shape index (κ1) is 25.6. The highest BCUT2D eigenvalue weighted by molar-refractivity contribution is 7.99. The van der Waals surface area contributed by atoms with E-state index in [1.54, 1.807) is 25.3 Å². The summed E-state index contributed by atoms with van der Waals surface area (Å²) in [5.74, 6) is -0.779. The van der Waals surface area contributed by atoms with Crippen LogP contribution in [0.3, 0.4) is 0 Å². The fourth-order valence-corrected chi connectivity index (χ4v) is 4.94. The number of esters is 1. The van der Waals surface area contributed by atoms with E-state index in [0.29, 0.717) is 39.7 Å². The fourth-order valence-electron chi connectivity index (χ4n) is 4.05. The first-order valence-corrected chi connectivity index (χ1v) is 12.2. The Morgan fingerprint density at radius 1 is 1.11 bits per heavy atom. The van der Waals surface area contributed by atoms with E-state index in [-0.39, 0.29) is 23.7 Å². The summed E-state index contributed by atoms with van der Waals surface area (Å²) in [6.45, 7) is 5.68. The molecule has 0 bridgehead atoms. The molecule has 0 amide bonds. The number of carbonyl (C=O) groups is 2. The summed E-state index contributed by atoms with van der Waals surface area (Å²) in [6, 6.07) is 12.9. The maximum Gasteiger partial charge on any atom is 0.416 e. The van der Waals surface area contributed by atoms with Gasteiger partial charge >= 0.3 is 12.1 Å². The molecule has 36 heavy (non-hydrogen) atoms. The van der Waals surface area contributed by atoms with Gasteiger partial charge in [0.2, 0.25) is 0 Å². The van der Waals surface area contributed by atoms with E-state index in [4.69, 9.17) is 4.74 Å². The second-order valence-corrected chi connectivity index (χ2v) is 9.17. The Kier molecular flexibility index (Phi) is 7.26. The molecule has 0 atom stereocenters. The van der Waals surface area contributed by atoms with Crippen LogP contribution in [0.25, 0.3) is 11.0 Å². The van der Waals surface area contributed by atoms with Crippen LogP contribution < -0.4 is 0 Å². The number of aromatic nitrogens is 3. The van der Waals surface area contributed by atoms with Crippen molar-refractivity contribution in [2.24, 2.45) is 0 Å². The number of rotatable bonds is 8. The smallest absolute Gasteiger partial charge is 0.416 e. The molecule has 0 unspecified atom stereocenters. The van der Waals surface area contributed by atoms with E-state index in [2.05, 4.69) is 9.97 Å². The minimum atomic E-state index is -4.49. The topological polar surface area (TPSA) is 77.0 Å². The third-order valence-corrected chi connectivity index (χ3v) is 6.73. The third kappa shape index (κ3) is 5.18. The number of benzene rings is 2. The average molecular weight is 516 g/mol. The number of aromatic amines is 1. The van der Waals surface area contributed by atoms with Crippen LogP contribution in [0.2, 0.25) is 0 Å². The first-order chi connectivity index (χ1) is 17.1. The molecule has 6 nitrogen and oxygen atoms in total. The minimum absolute atomic E-state index is 0.0205. The summed E-state index contributed by atoms with van der Waals surface area (Å²) in [5, 5.41) is 0.424. The van der Waals surface area contributed by atoms with Gasteiger partial charge in [-0.2, -0.15) is 13.2 Å². The summed E-state index contributed by atoms with van der Waals surface area (Å²) in [5.41, 5.74) is 2.58. The molecule has 2 heterocycles. The lowest BCUT2D eigenvalue weighted by Gasteiger charge is -2.10. The van der Waals surface area contributed by atoms with Gasteiger partial charge in [-0.1, -0.05) is 42.1 Å². The van der Waals surface area contributed by atoms with Crippen molar-refractivity contribution in [3.05, 3.63) is 82.2 Å². The summed E-state index contributed by atoms with van der Waals surface area (Å²) in [6.07, 6.45) is -4.49. The molecule has 0 aliphatic rings. The molecule has 0 aliphatic heterocycles.